The van der Waals surface area contributed by atoms with Gasteiger partial charge in [-0.15, -0.1) is 0 Å². The summed E-state index contributed by atoms with van der Waals surface area (Å²) in [6, 6.07) is 0. The molecule has 0 saturated carbocycles. The third-order valence-corrected chi connectivity index (χ3v) is 8.60. The van der Waals surface area contributed by atoms with Crippen LogP contribution in [-0.2, 0) is 4.74 Å². The number of ether oxygens (including phenoxy) is 1. The number of hydrogen-bond donors (Lipinski definition) is 0. The number of nitrogens with zero attached hydrogens (tertiary/aromatic N) is 1. The molecule has 35 heavy (non-hydrogen) atoms. The fourth-order valence-corrected chi connectivity index (χ4v) is 6.07. The summed E-state index contributed by atoms with van der Waals surface area (Å²) in [5.74, 6) is 1.95. The van der Waals surface area contributed by atoms with Crippen molar-refractivity contribution in [3.63, 3.8) is 0 Å². The molecule has 0 aromatic rings. The predicted octanol–water partition coefficient (Wildman–Crippen LogP) is 10.6. The van der Waals surface area contributed by atoms with Gasteiger partial charge in [-0.25, -0.2) is 0 Å². The van der Waals surface area contributed by atoms with Crippen LogP contribution in [-0.4, -0.2) is 37.2 Å². The molecule has 2 nitrogen and oxygen atoms in total. The van der Waals surface area contributed by atoms with Gasteiger partial charge in [0.2, 0.25) is 0 Å². The second-order valence-electron chi connectivity index (χ2n) is 11.9. The Hall–Kier alpha value is -0.0800. The molecular formula is C33H67NO. The fourth-order valence-electron chi connectivity index (χ4n) is 6.07. The topological polar surface area (TPSA) is 12.5 Å². The molecule has 1 rings (SSSR count). The van der Waals surface area contributed by atoms with Crippen LogP contribution in [0.3, 0.4) is 0 Å². The summed E-state index contributed by atoms with van der Waals surface area (Å²) in [7, 11) is 0. The van der Waals surface area contributed by atoms with E-state index in [1.54, 1.807) is 0 Å². The number of hydrogen-bond acceptors (Lipinski definition) is 2. The first kappa shape index (κ1) is 32.9. The Bertz CT molecular complexity index is 409. The zero-order valence-electron chi connectivity index (χ0n) is 25.0. The van der Waals surface area contributed by atoms with E-state index in [0.29, 0.717) is 6.10 Å². The standard InChI is InChI=1S/C33H67NO/c1-5-9-13-14-15-22-32(21-12-8-4)23-16-17-27-34-28-25-33(26-29-34)35-30-18-24-31(19-10-6-2)20-11-7-3/h31-33H,5-30H2,1-4H3. The summed E-state index contributed by atoms with van der Waals surface area (Å²) < 4.78 is 6.32. The third kappa shape index (κ3) is 18.8. The van der Waals surface area contributed by atoms with Gasteiger partial charge in [0, 0.05) is 19.7 Å². The maximum atomic E-state index is 6.32. The Morgan fingerprint density at radius 1 is 0.543 bits per heavy atom. The minimum absolute atomic E-state index is 0.530. The molecule has 1 unspecified atom stereocenters. The lowest BCUT2D eigenvalue weighted by atomic mass is 9.90. The van der Waals surface area contributed by atoms with Crippen molar-refractivity contribution in [2.45, 2.75) is 175 Å². The molecule has 0 bridgehead atoms. The summed E-state index contributed by atoms with van der Waals surface area (Å²) in [4.78, 5) is 2.72. The molecule has 1 fully saturated rings. The van der Waals surface area contributed by atoms with Crippen LogP contribution in [0.5, 0.6) is 0 Å². The van der Waals surface area contributed by atoms with Gasteiger partial charge in [0.05, 0.1) is 6.10 Å². The SMILES string of the molecule is CCCCCCCC(CCCC)CCCCN1CCC(OCCCC(CCCC)CCCC)CC1. The van der Waals surface area contributed by atoms with Crippen molar-refractivity contribution < 1.29 is 4.74 Å². The van der Waals surface area contributed by atoms with E-state index in [2.05, 4.69) is 32.6 Å². The van der Waals surface area contributed by atoms with Crippen LogP contribution in [0.4, 0.5) is 0 Å². The zero-order chi connectivity index (χ0) is 25.4. The lowest BCUT2D eigenvalue weighted by Gasteiger charge is -2.32. The Labute approximate surface area is 222 Å². The van der Waals surface area contributed by atoms with Crippen molar-refractivity contribution in [1.29, 1.82) is 0 Å². The maximum Gasteiger partial charge on any atom is 0.0599 e. The molecule has 1 heterocycles. The van der Waals surface area contributed by atoms with Crippen molar-refractivity contribution >= 4 is 0 Å². The first-order chi connectivity index (χ1) is 17.2. The van der Waals surface area contributed by atoms with E-state index in [1.165, 1.54) is 161 Å². The molecule has 0 amide bonds. The molecule has 0 aromatic heterocycles. The molecule has 1 saturated heterocycles. The average Bonchev–Trinajstić information content (AvgIpc) is 2.88. The molecular weight excluding hydrogens is 426 g/mol. The smallest absolute Gasteiger partial charge is 0.0599 e. The molecule has 2 heteroatoms. The van der Waals surface area contributed by atoms with Crippen molar-refractivity contribution in [3.05, 3.63) is 0 Å². The summed E-state index contributed by atoms with van der Waals surface area (Å²) >= 11 is 0. The van der Waals surface area contributed by atoms with Gasteiger partial charge in [-0.3, -0.25) is 0 Å². The fraction of sp³-hybridized carbons (Fsp3) is 1.00. The van der Waals surface area contributed by atoms with Crippen molar-refractivity contribution in [2.75, 3.05) is 26.2 Å². The Balaban J connectivity index is 2.10. The number of likely N-dealkylation sites (tertiary alicyclic amines) is 1. The molecule has 0 radical (unpaired) electrons. The third-order valence-electron chi connectivity index (χ3n) is 8.60. The van der Waals surface area contributed by atoms with Crippen LogP contribution in [0.2, 0.25) is 0 Å². The molecule has 0 aliphatic carbocycles. The van der Waals surface area contributed by atoms with E-state index in [0.717, 1.165) is 18.4 Å². The van der Waals surface area contributed by atoms with Gasteiger partial charge in [-0.2, -0.15) is 0 Å². The number of unbranched alkanes of at least 4 members (excludes halogenated alkanes) is 8. The van der Waals surface area contributed by atoms with Gasteiger partial charge >= 0.3 is 0 Å². The van der Waals surface area contributed by atoms with Crippen molar-refractivity contribution in [2.24, 2.45) is 11.8 Å². The lowest BCUT2D eigenvalue weighted by molar-refractivity contribution is 0.00433. The van der Waals surface area contributed by atoms with E-state index in [1.807, 2.05) is 0 Å². The van der Waals surface area contributed by atoms with Gasteiger partial charge < -0.3 is 9.64 Å². The second kappa shape index (κ2) is 24.3. The highest BCUT2D eigenvalue weighted by atomic mass is 16.5. The van der Waals surface area contributed by atoms with Gasteiger partial charge in [-0.05, 0) is 50.5 Å². The molecule has 210 valence electrons. The first-order valence-corrected chi connectivity index (χ1v) is 16.6. The molecule has 1 atom stereocenters. The van der Waals surface area contributed by atoms with E-state index >= 15 is 0 Å². The normalized spacial score (nSPS) is 16.4. The van der Waals surface area contributed by atoms with Gasteiger partial charge in [-0.1, -0.05) is 137 Å². The summed E-state index contributed by atoms with van der Waals surface area (Å²) in [6.07, 6.45) is 31.4. The monoisotopic (exact) mass is 494 g/mol. The Morgan fingerprint density at radius 3 is 1.54 bits per heavy atom. The van der Waals surface area contributed by atoms with Crippen LogP contribution < -0.4 is 0 Å². The summed E-state index contributed by atoms with van der Waals surface area (Å²) in [5.41, 5.74) is 0. The highest BCUT2D eigenvalue weighted by Crippen LogP contribution is 2.24. The van der Waals surface area contributed by atoms with Crippen molar-refractivity contribution in [3.8, 4) is 0 Å². The number of piperidine rings is 1. The average molecular weight is 494 g/mol. The highest BCUT2D eigenvalue weighted by Gasteiger charge is 2.19. The second-order valence-corrected chi connectivity index (χ2v) is 11.9. The summed E-state index contributed by atoms with van der Waals surface area (Å²) in [6.45, 7) is 14.2. The van der Waals surface area contributed by atoms with E-state index in [4.69, 9.17) is 4.74 Å². The quantitative estimate of drug-likeness (QED) is 0.117. The van der Waals surface area contributed by atoms with Gasteiger partial charge in [0.15, 0.2) is 0 Å². The van der Waals surface area contributed by atoms with Gasteiger partial charge in [0.25, 0.3) is 0 Å². The minimum Gasteiger partial charge on any atom is -0.378 e. The van der Waals surface area contributed by atoms with Crippen molar-refractivity contribution in [1.82, 2.24) is 4.90 Å². The van der Waals surface area contributed by atoms with Crippen LogP contribution in [0.25, 0.3) is 0 Å². The van der Waals surface area contributed by atoms with Crippen LogP contribution in [0, 0.1) is 11.8 Å². The van der Waals surface area contributed by atoms with Gasteiger partial charge in [0.1, 0.15) is 0 Å². The Kier molecular flexibility index (Phi) is 22.8. The zero-order valence-corrected chi connectivity index (χ0v) is 25.0. The van der Waals surface area contributed by atoms with Crippen LogP contribution in [0.15, 0.2) is 0 Å². The maximum absolute atomic E-state index is 6.32. The Morgan fingerprint density at radius 2 is 1.00 bits per heavy atom. The highest BCUT2D eigenvalue weighted by molar-refractivity contribution is 4.73. The molecule has 0 aromatic carbocycles. The first-order valence-electron chi connectivity index (χ1n) is 16.6. The molecule has 1 aliphatic heterocycles. The van der Waals surface area contributed by atoms with Crippen LogP contribution in [0.1, 0.15) is 169 Å². The summed E-state index contributed by atoms with van der Waals surface area (Å²) in [5, 5.41) is 0. The van der Waals surface area contributed by atoms with E-state index in [-0.39, 0.29) is 0 Å². The molecule has 1 aliphatic rings. The van der Waals surface area contributed by atoms with E-state index in [9.17, 15) is 0 Å². The lowest BCUT2D eigenvalue weighted by Crippen LogP contribution is -2.37. The molecule has 0 spiro atoms. The molecule has 0 N–H and O–H groups in total. The van der Waals surface area contributed by atoms with Crippen LogP contribution >= 0.6 is 0 Å². The minimum atomic E-state index is 0.530. The number of rotatable bonds is 25. The predicted molar refractivity (Wildman–Crippen MR) is 157 cm³/mol. The largest absolute Gasteiger partial charge is 0.378 e. The van der Waals surface area contributed by atoms with E-state index < -0.39 is 0 Å².